The lowest BCUT2D eigenvalue weighted by Crippen LogP contribution is -2.09. The number of nitrogens with one attached hydrogen (secondary N) is 1. The quantitative estimate of drug-likeness (QED) is 0.641. The lowest BCUT2D eigenvalue weighted by molar-refractivity contribution is 0.474. The van der Waals surface area contributed by atoms with Crippen LogP contribution in [0.4, 0.5) is 0 Å². The van der Waals surface area contributed by atoms with Crippen LogP contribution in [0.3, 0.4) is 0 Å². The van der Waals surface area contributed by atoms with E-state index in [-0.39, 0.29) is 11.7 Å². The van der Waals surface area contributed by atoms with Crippen molar-refractivity contribution < 1.29 is 5.11 Å². The third-order valence-electron chi connectivity index (χ3n) is 4.04. The highest BCUT2D eigenvalue weighted by Gasteiger charge is 2.18. The third-order valence-corrected chi connectivity index (χ3v) is 4.04. The first-order valence-electron chi connectivity index (χ1n) is 7.71. The SMILES string of the molecule is N=C(CC(c1ccccc1)c1ccccc1)c1ccccc1O. The van der Waals surface area contributed by atoms with Crippen LogP contribution in [0.5, 0.6) is 5.75 Å². The molecule has 0 aromatic heterocycles. The van der Waals surface area contributed by atoms with Crippen LogP contribution in [0.1, 0.15) is 29.0 Å². The number of hydrogen-bond acceptors (Lipinski definition) is 2. The monoisotopic (exact) mass is 301 g/mol. The number of hydrogen-bond donors (Lipinski definition) is 2. The molecule has 0 aliphatic carbocycles. The van der Waals surface area contributed by atoms with Gasteiger partial charge in [-0.2, -0.15) is 0 Å². The fraction of sp³-hybridized carbons (Fsp3) is 0.0952. The maximum Gasteiger partial charge on any atom is 0.124 e. The molecule has 0 fully saturated rings. The van der Waals surface area contributed by atoms with Crippen LogP contribution in [0.2, 0.25) is 0 Å². The Morgan fingerprint density at radius 1 is 0.739 bits per heavy atom. The number of benzene rings is 3. The maximum absolute atomic E-state index is 9.99. The summed E-state index contributed by atoms with van der Waals surface area (Å²) in [4.78, 5) is 0. The second kappa shape index (κ2) is 6.93. The first-order chi connectivity index (χ1) is 11.3. The summed E-state index contributed by atoms with van der Waals surface area (Å²) in [6, 6.07) is 27.5. The van der Waals surface area contributed by atoms with E-state index in [2.05, 4.69) is 24.3 Å². The molecule has 114 valence electrons. The Kier molecular flexibility index (Phi) is 4.53. The van der Waals surface area contributed by atoms with Gasteiger partial charge in [0.05, 0.1) is 0 Å². The highest BCUT2D eigenvalue weighted by atomic mass is 16.3. The topological polar surface area (TPSA) is 44.1 Å². The number of rotatable bonds is 5. The van der Waals surface area contributed by atoms with Gasteiger partial charge in [0.15, 0.2) is 0 Å². The van der Waals surface area contributed by atoms with Crippen molar-refractivity contribution in [2.75, 3.05) is 0 Å². The molecule has 0 unspecified atom stereocenters. The molecule has 23 heavy (non-hydrogen) atoms. The zero-order chi connectivity index (χ0) is 16.1. The van der Waals surface area contributed by atoms with Gasteiger partial charge in [-0.25, -0.2) is 0 Å². The Bertz CT molecular complexity index is 742. The second-order valence-corrected chi connectivity index (χ2v) is 5.57. The zero-order valence-electron chi connectivity index (χ0n) is 12.8. The van der Waals surface area contributed by atoms with Crippen molar-refractivity contribution in [3.63, 3.8) is 0 Å². The average Bonchev–Trinajstić information content (AvgIpc) is 2.61. The van der Waals surface area contributed by atoms with Crippen LogP contribution in [0.15, 0.2) is 84.9 Å². The van der Waals surface area contributed by atoms with E-state index >= 15 is 0 Å². The van der Waals surface area contributed by atoms with Crippen molar-refractivity contribution >= 4 is 5.71 Å². The van der Waals surface area contributed by atoms with E-state index in [1.165, 1.54) is 11.1 Å². The van der Waals surface area contributed by atoms with E-state index in [9.17, 15) is 5.11 Å². The van der Waals surface area contributed by atoms with Gasteiger partial charge in [0, 0.05) is 23.6 Å². The lowest BCUT2D eigenvalue weighted by atomic mass is 9.85. The van der Waals surface area contributed by atoms with Crippen LogP contribution < -0.4 is 0 Å². The highest BCUT2D eigenvalue weighted by molar-refractivity contribution is 6.01. The van der Waals surface area contributed by atoms with E-state index in [4.69, 9.17) is 5.41 Å². The van der Waals surface area contributed by atoms with Gasteiger partial charge in [0.25, 0.3) is 0 Å². The summed E-state index contributed by atoms with van der Waals surface area (Å²) in [7, 11) is 0. The molecule has 3 aromatic rings. The molecule has 0 heterocycles. The van der Waals surface area contributed by atoms with Crippen LogP contribution in [-0.4, -0.2) is 10.8 Å². The number of phenols is 1. The van der Waals surface area contributed by atoms with Crippen LogP contribution >= 0.6 is 0 Å². The fourth-order valence-electron chi connectivity index (χ4n) is 2.84. The Hall–Kier alpha value is -2.87. The summed E-state index contributed by atoms with van der Waals surface area (Å²) < 4.78 is 0. The fourth-order valence-corrected chi connectivity index (χ4v) is 2.84. The molecule has 0 amide bonds. The minimum absolute atomic E-state index is 0.101. The van der Waals surface area contributed by atoms with E-state index in [0.717, 1.165) is 0 Å². The number of para-hydroxylation sites is 1. The third kappa shape index (κ3) is 3.49. The first-order valence-corrected chi connectivity index (χ1v) is 7.71. The van der Waals surface area contributed by atoms with E-state index in [0.29, 0.717) is 17.7 Å². The average molecular weight is 301 g/mol. The summed E-state index contributed by atoms with van der Waals surface area (Å²) in [6.07, 6.45) is 0.547. The summed E-state index contributed by atoms with van der Waals surface area (Å²) in [6.45, 7) is 0. The molecule has 0 bridgehead atoms. The van der Waals surface area contributed by atoms with Crippen molar-refractivity contribution in [1.82, 2.24) is 0 Å². The van der Waals surface area contributed by atoms with Gasteiger partial charge >= 0.3 is 0 Å². The van der Waals surface area contributed by atoms with Crippen molar-refractivity contribution in [2.24, 2.45) is 0 Å². The normalized spacial score (nSPS) is 10.7. The Morgan fingerprint density at radius 3 is 1.74 bits per heavy atom. The molecule has 3 aromatic carbocycles. The predicted molar refractivity (Wildman–Crippen MR) is 94.3 cm³/mol. The lowest BCUT2D eigenvalue weighted by Gasteiger charge is -2.19. The Morgan fingerprint density at radius 2 is 1.22 bits per heavy atom. The highest BCUT2D eigenvalue weighted by Crippen LogP contribution is 2.30. The molecule has 0 saturated heterocycles. The molecule has 2 nitrogen and oxygen atoms in total. The summed E-state index contributed by atoms with van der Waals surface area (Å²) >= 11 is 0. The second-order valence-electron chi connectivity index (χ2n) is 5.57. The summed E-state index contributed by atoms with van der Waals surface area (Å²) in [5.41, 5.74) is 3.41. The predicted octanol–water partition coefficient (Wildman–Crippen LogP) is 4.98. The van der Waals surface area contributed by atoms with E-state index in [1.54, 1.807) is 18.2 Å². The van der Waals surface area contributed by atoms with Crippen LogP contribution in [-0.2, 0) is 0 Å². The molecule has 0 radical (unpaired) electrons. The minimum atomic E-state index is 0.101. The molecule has 0 aliphatic rings. The zero-order valence-corrected chi connectivity index (χ0v) is 12.8. The summed E-state index contributed by atoms with van der Waals surface area (Å²) in [5, 5.41) is 18.4. The van der Waals surface area contributed by atoms with Gasteiger partial charge in [0.1, 0.15) is 5.75 Å². The Balaban J connectivity index is 1.94. The van der Waals surface area contributed by atoms with E-state index in [1.807, 2.05) is 42.5 Å². The van der Waals surface area contributed by atoms with Crippen molar-refractivity contribution in [3.8, 4) is 5.75 Å². The molecule has 0 aliphatic heterocycles. The van der Waals surface area contributed by atoms with Crippen LogP contribution in [0.25, 0.3) is 0 Å². The molecule has 3 rings (SSSR count). The number of aromatic hydroxyl groups is 1. The molecular formula is C21H19NO. The van der Waals surface area contributed by atoms with Crippen LogP contribution in [0, 0.1) is 5.41 Å². The minimum Gasteiger partial charge on any atom is -0.507 e. The maximum atomic E-state index is 9.99. The van der Waals surface area contributed by atoms with Crippen molar-refractivity contribution in [1.29, 1.82) is 5.41 Å². The molecule has 0 saturated carbocycles. The van der Waals surface area contributed by atoms with Crippen molar-refractivity contribution in [3.05, 3.63) is 102 Å². The largest absolute Gasteiger partial charge is 0.507 e. The van der Waals surface area contributed by atoms with Gasteiger partial charge in [-0.1, -0.05) is 72.8 Å². The van der Waals surface area contributed by atoms with Gasteiger partial charge < -0.3 is 10.5 Å². The van der Waals surface area contributed by atoms with Gasteiger partial charge in [-0.3, -0.25) is 0 Å². The standard InChI is InChI=1S/C21H19NO/c22-20(18-13-7-8-14-21(18)23)15-19(16-9-3-1-4-10-16)17-11-5-2-6-12-17/h1-14,19,22-23H,15H2. The molecule has 0 spiro atoms. The first kappa shape index (κ1) is 15.0. The number of phenolic OH excluding ortho intramolecular Hbond substituents is 1. The van der Waals surface area contributed by atoms with E-state index < -0.39 is 0 Å². The van der Waals surface area contributed by atoms with Gasteiger partial charge in [0.2, 0.25) is 0 Å². The summed E-state index contributed by atoms with van der Waals surface area (Å²) in [5.74, 6) is 0.266. The smallest absolute Gasteiger partial charge is 0.124 e. The molecule has 2 heteroatoms. The molecular weight excluding hydrogens is 282 g/mol. The molecule has 0 atom stereocenters. The van der Waals surface area contributed by atoms with Gasteiger partial charge in [-0.05, 0) is 23.3 Å². The Labute approximate surface area is 136 Å². The van der Waals surface area contributed by atoms with Crippen molar-refractivity contribution in [2.45, 2.75) is 12.3 Å². The van der Waals surface area contributed by atoms with Gasteiger partial charge in [-0.15, -0.1) is 0 Å². The molecule has 2 N–H and O–H groups in total.